The molecule has 0 saturated heterocycles. The molecule has 0 spiro atoms. The van der Waals surface area contributed by atoms with Crippen molar-refractivity contribution in [1.82, 2.24) is 5.32 Å². The van der Waals surface area contributed by atoms with Gasteiger partial charge in [-0.1, -0.05) is 32.0 Å². The first-order chi connectivity index (χ1) is 9.74. The van der Waals surface area contributed by atoms with Gasteiger partial charge < -0.3 is 5.32 Å². The third-order valence-corrected chi connectivity index (χ3v) is 5.13. The molecule has 0 aliphatic heterocycles. The van der Waals surface area contributed by atoms with Gasteiger partial charge in [0.15, 0.2) is 0 Å². The van der Waals surface area contributed by atoms with Crippen LogP contribution in [-0.2, 0) is 19.4 Å². The fourth-order valence-corrected chi connectivity index (χ4v) is 3.95. The molecule has 3 rings (SSSR count). The number of fused-ring (bicyclic) bond motifs is 1. The van der Waals surface area contributed by atoms with Gasteiger partial charge in [0.2, 0.25) is 0 Å². The van der Waals surface area contributed by atoms with Crippen LogP contribution in [0.2, 0.25) is 0 Å². The summed E-state index contributed by atoms with van der Waals surface area (Å²) in [4.78, 5) is 2.87. The van der Waals surface area contributed by atoms with Crippen LogP contribution in [0.15, 0.2) is 30.3 Å². The summed E-state index contributed by atoms with van der Waals surface area (Å²) in [5, 5.41) is 3.50. The van der Waals surface area contributed by atoms with Gasteiger partial charge in [-0.3, -0.25) is 0 Å². The molecule has 0 radical (unpaired) electrons. The molecular weight excluding hydrogens is 262 g/mol. The fourth-order valence-electron chi connectivity index (χ4n) is 2.93. The van der Waals surface area contributed by atoms with E-state index in [1.165, 1.54) is 41.0 Å². The van der Waals surface area contributed by atoms with Crippen molar-refractivity contribution in [3.63, 3.8) is 0 Å². The second kappa shape index (κ2) is 6.11. The molecule has 1 aromatic carbocycles. The van der Waals surface area contributed by atoms with E-state index in [1.54, 1.807) is 11.1 Å². The molecule has 1 aliphatic rings. The molecule has 1 N–H and O–H groups in total. The minimum Gasteiger partial charge on any atom is -0.310 e. The van der Waals surface area contributed by atoms with E-state index in [2.05, 4.69) is 49.5 Å². The van der Waals surface area contributed by atoms with Crippen LogP contribution in [0.4, 0.5) is 0 Å². The number of benzene rings is 1. The average Bonchev–Trinajstić information content (AvgIpc) is 2.93. The second-order valence-corrected chi connectivity index (χ2v) is 7.12. The Labute approximate surface area is 126 Å². The van der Waals surface area contributed by atoms with Gasteiger partial charge in [0, 0.05) is 22.3 Å². The Morgan fingerprint density at radius 2 is 1.95 bits per heavy atom. The molecule has 2 heteroatoms. The predicted octanol–water partition coefficient (Wildman–Crippen LogP) is 4.79. The van der Waals surface area contributed by atoms with Gasteiger partial charge in [0.25, 0.3) is 0 Å². The summed E-state index contributed by atoms with van der Waals surface area (Å²) in [7, 11) is 0. The highest BCUT2D eigenvalue weighted by molar-refractivity contribution is 7.15. The van der Waals surface area contributed by atoms with Gasteiger partial charge in [-0.25, -0.2) is 0 Å². The number of rotatable bonds is 4. The minimum absolute atomic E-state index is 0.546. The Morgan fingerprint density at radius 1 is 1.10 bits per heavy atom. The Bertz CT molecular complexity index is 583. The molecule has 1 heterocycles. The largest absolute Gasteiger partial charge is 0.310 e. The van der Waals surface area contributed by atoms with E-state index in [-0.39, 0.29) is 0 Å². The molecular formula is C18H23NS. The van der Waals surface area contributed by atoms with Crippen LogP contribution in [0.1, 0.15) is 42.7 Å². The van der Waals surface area contributed by atoms with Gasteiger partial charge in [0.05, 0.1) is 0 Å². The average molecular weight is 285 g/mol. The Hall–Kier alpha value is -1.12. The van der Waals surface area contributed by atoms with E-state index in [1.807, 2.05) is 11.3 Å². The van der Waals surface area contributed by atoms with Crippen LogP contribution in [0, 0.1) is 0 Å². The molecule has 0 saturated carbocycles. The Morgan fingerprint density at radius 3 is 2.80 bits per heavy atom. The third kappa shape index (κ3) is 2.97. The summed E-state index contributed by atoms with van der Waals surface area (Å²) in [6, 6.07) is 12.0. The highest BCUT2D eigenvalue weighted by Crippen LogP contribution is 2.35. The summed E-state index contributed by atoms with van der Waals surface area (Å²) >= 11 is 1.94. The lowest BCUT2D eigenvalue weighted by Gasteiger charge is -2.18. The zero-order valence-corrected chi connectivity index (χ0v) is 13.2. The van der Waals surface area contributed by atoms with Crippen molar-refractivity contribution in [3.8, 4) is 10.4 Å². The van der Waals surface area contributed by atoms with Crippen molar-refractivity contribution < 1.29 is 0 Å². The SMILES string of the molecule is CC(C)NCc1ccc(-c2cccc3c2CCCC3)s1. The summed E-state index contributed by atoms with van der Waals surface area (Å²) in [5.74, 6) is 0. The van der Waals surface area contributed by atoms with Crippen molar-refractivity contribution in [2.24, 2.45) is 0 Å². The van der Waals surface area contributed by atoms with Crippen molar-refractivity contribution in [3.05, 3.63) is 46.3 Å². The van der Waals surface area contributed by atoms with Crippen LogP contribution >= 0.6 is 11.3 Å². The lowest BCUT2D eigenvalue weighted by atomic mass is 9.88. The Kier molecular flexibility index (Phi) is 4.23. The van der Waals surface area contributed by atoms with Crippen LogP contribution < -0.4 is 5.32 Å². The van der Waals surface area contributed by atoms with Gasteiger partial charge in [-0.15, -0.1) is 11.3 Å². The van der Waals surface area contributed by atoms with E-state index < -0.39 is 0 Å². The molecule has 0 amide bonds. The topological polar surface area (TPSA) is 12.0 Å². The normalized spacial score (nSPS) is 14.6. The molecule has 2 aromatic rings. The van der Waals surface area contributed by atoms with Crippen molar-refractivity contribution >= 4 is 11.3 Å². The van der Waals surface area contributed by atoms with Crippen molar-refractivity contribution in [2.45, 2.75) is 52.1 Å². The maximum absolute atomic E-state index is 3.50. The van der Waals surface area contributed by atoms with Gasteiger partial charge in [-0.05, 0) is 54.5 Å². The highest BCUT2D eigenvalue weighted by atomic mass is 32.1. The zero-order chi connectivity index (χ0) is 13.9. The standard InChI is InChI=1S/C18H23NS/c1-13(2)19-12-15-10-11-18(20-15)17-9-5-7-14-6-3-4-8-16(14)17/h5,7,9-11,13,19H,3-4,6,8,12H2,1-2H3. The molecule has 0 bridgehead atoms. The smallest absolute Gasteiger partial charge is 0.0349 e. The van der Waals surface area contributed by atoms with Crippen LogP contribution in [0.5, 0.6) is 0 Å². The first kappa shape index (κ1) is 13.8. The summed E-state index contributed by atoms with van der Waals surface area (Å²) in [6.45, 7) is 5.38. The second-order valence-electron chi connectivity index (χ2n) is 5.95. The summed E-state index contributed by atoms with van der Waals surface area (Å²) < 4.78 is 0. The molecule has 20 heavy (non-hydrogen) atoms. The maximum Gasteiger partial charge on any atom is 0.0349 e. The number of thiophene rings is 1. The van der Waals surface area contributed by atoms with E-state index in [0.717, 1.165) is 6.54 Å². The van der Waals surface area contributed by atoms with E-state index >= 15 is 0 Å². The number of hydrogen-bond acceptors (Lipinski definition) is 2. The van der Waals surface area contributed by atoms with Gasteiger partial charge in [-0.2, -0.15) is 0 Å². The lowest BCUT2D eigenvalue weighted by molar-refractivity contribution is 0.593. The molecule has 1 aromatic heterocycles. The van der Waals surface area contributed by atoms with Gasteiger partial charge in [0.1, 0.15) is 0 Å². The van der Waals surface area contributed by atoms with E-state index in [4.69, 9.17) is 0 Å². The summed E-state index contributed by atoms with van der Waals surface area (Å²) in [5.41, 5.74) is 4.65. The predicted molar refractivity (Wildman–Crippen MR) is 88.4 cm³/mol. The van der Waals surface area contributed by atoms with E-state index in [9.17, 15) is 0 Å². The lowest BCUT2D eigenvalue weighted by Crippen LogP contribution is -2.21. The summed E-state index contributed by atoms with van der Waals surface area (Å²) in [6.07, 6.45) is 5.21. The first-order valence-electron chi connectivity index (χ1n) is 7.67. The van der Waals surface area contributed by atoms with Crippen molar-refractivity contribution in [2.75, 3.05) is 0 Å². The van der Waals surface area contributed by atoms with Gasteiger partial charge >= 0.3 is 0 Å². The van der Waals surface area contributed by atoms with E-state index in [0.29, 0.717) is 6.04 Å². The molecule has 106 valence electrons. The maximum atomic E-state index is 3.50. The minimum atomic E-state index is 0.546. The van der Waals surface area contributed by atoms with Crippen LogP contribution in [0.25, 0.3) is 10.4 Å². The van der Waals surface area contributed by atoms with Crippen LogP contribution in [-0.4, -0.2) is 6.04 Å². The number of aryl methyl sites for hydroxylation is 1. The quantitative estimate of drug-likeness (QED) is 0.851. The molecule has 1 nitrogen and oxygen atoms in total. The highest BCUT2D eigenvalue weighted by Gasteiger charge is 2.15. The third-order valence-electron chi connectivity index (χ3n) is 4.01. The first-order valence-corrected chi connectivity index (χ1v) is 8.49. The molecule has 0 unspecified atom stereocenters. The number of nitrogens with one attached hydrogen (secondary N) is 1. The van der Waals surface area contributed by atoms with Crippen LogP contribution in [0.3, 0.4) is 0 Å². The zero-order valence-electron chi connectivity index (χ0n) is 12.4. The monoisotopic (exact) mass is 285 g/mol. The number of hydrogen-bond donors (Lipinski definition) is 1. The molecule has 0 atom stereocenters. The Balaban J connectivity index is 1.86. The van der Waals surface area contributed by atoms with Crippen molar-refractivity contribution in [1.29, 1.82) is 0 Å². The molecule has 0 fully saturated rings. The molecule has 1 aliphatic carbocycles. The fraction of sp³-hybridized carbons (Fsp3) is 0.444.